The normalized spacial score (nSPS) is 10.6. The van der Waals surface area contributed by atoms with Crippen LogP contribution in [0.4, 0.5) is 5.69 Å². The van der Waals surface area contributed by atoms with Crippen molar-refractivity contribution in [2.45, 2.75) is 0 Å². The molecule has 0 saturated heterocycles. The van der Waals surface area contributed by atoms with Crippen molar-refractivity contribution >= 4 is 41.4 Å². The predicted octanol–water partition coefficient (Wildman–Crippen LogP) is 2.09. The lowest BCUT2D eigenvalue weighted by Gasteiger charge is -2.06. The number of nitrogens with two attached hydrogens (primary N) is 2. The van der Waals surface area contributed by atoms with Gasteiger partial charge in [-0.25, -0.2) is 4.98 Å². The number of nitro groups is 1. The molecule has 10 heteroatoms. The van der Waals surface area contributed by atoms with E-state index >= 15 is 0 Å². The van der Waals surface area contributed by atoms with Crippen molar-refractivity contribution in [1.82, 2.24) is 4.98 Å². The number of hydrogen-bond donors (Lipinski definition) is 2. The number of rotatable bonds is 4. The molecule has 0 fully saturated rings. The number of guanidine groups is 1. The summed E-state index contributed by atoms with van der Waals surface area (Å²) in [6, 6.07) is 10.1. The molecule has 0 unspecified atom stereocenters. The molecule has 0 amide bonds. The highest BCUT2D eigenvalue weighted by atomic mass is 35.5. The van der Waals surface area contributed by atoms with Gasteiger partial charge in [-0.05, 0) is 0 Å². The summed E-state index contributed by atoms with van der Waals surface area (Å²) in [4.78, 5) is 14.2. The van der Waals surface area contributed by atoms with Crippen molar-refractivity contribution in [1.29, 1.82) is 0 Å². The fourth-order valence-electron chi connectivity index (χ4n) is 1.65. The fraction of sp³-hybridized carbons (Fsp3) is 0. The Morgan fingerprint density at radius 1 is 1.22 bits per heavy atom. The number of hydrogen-bond acceptors (Lipinski definition) is 5. The Balaban J connectivity index is 0.00000264. The number of nitrogens with zero attached hydrogens (tertiary/aromatic N) is 4. The molecule has 1 heterocycles. The van der Waals surface area contributed by atoms with Gasteiger partial charge in [0.1, 0.15) is 17.6 Å². The summed E-state index contributed by atoms with van der Waals surface area (Å²) in [7, 11) is 0. The van der Waals surface area contributed by atoms with Crippen LogP contribution in [0.2, 0.25) is 5.02 Å². The van der Waals surface area contributed by atoms with E-state index < -0.39 is 4.92 Å². The monoisotopic (exact) mass is 354 g/mol. The number of pyridine rings is 1. The lowest BCUT2D eigenvalue weighted by Crippen LogP contribution is -2.22. The molecule has 0 aliphatic carbocycles. The van der Waals surface area contributed by atoms with E-state index in [0.29, 0.717) is 11.3 Å². The van der Waals surface area contributed by atoms with Crippen LogP contribution >= 0.6 is 24.0 Å². The summed E-state index contributed by atoms with van der Waals surface area (Å²) < 4.78 is 0. The van der Waals surface area contributed by atoms with Crippen LogP contribution in [-0.4, -0.2) is 21.6 Å². The quantitative estimate of drug-likeness (QED) is 0.375. The van der Waals surface area contributed by atoms with Gasteiger partial charge in [-0.1, -0.05) is 41.9 Å². The largest absolute Gasteiger partial charge is 0.369 e. The maximum Gasteiger partial charge on any atom is 0.289 e. The summed E-state index contributed by atoms with van der Waals surface area (Å²) in [5.41, 5.74) is 11.5. The van der Waals surface area contributed by atoms with Crippen molar-refractivity contribution in [2.75, 3.05) is 0 Å². The maximum absolute atomic E-state index is 10.7. The molecule has 4 N–H and O–H groups in total. The van der Waals surface area contributed by atoms with E-state index in [1.54, 1.807) is 24.3 Å². The highest BCUT2D eigenvalue weighted by Crippen LogP contribution is 2.23. The zero-order valence-corrected chi connectivity index (χ0v) is 13.2. The van der Waals surface area contributed by atoms with Crippen LogP contribution in [0, 0.1) is 10.1 Å². The van der Waals surface area contributed by atoms with Crippen LogP contribution in [0.25, 0.3) is 0 Å². The van der Waals surface area contributed by atoms with Crippen LogP contribution in [-0.2, 0) is 0 Å². The Morgan fingerprint density at radius 2 is 1.87 bits per heavy atom. The van der Waals surface area contributed by atoms with Crippen LogP contribution in [0.15, 0.2) is 52.8 Å². The highest BCUT2D eigenvalue weighted by Gasteiger charge is 2.17. The Morgan fingerprint density at radius 3 is 2.39 bits per heavy atom. The Hall–Kier alpha value is -2.71. The van der Waals surface area contributed by atoms with Gasteiger partial charge >= 0.3 is 0 Å². The van der Waals surface area contributed by atoms with Crippen LogP contribution in [0.5, 0.6) is 0 Å². The van der Waals surface area contributed by atoms with E-state index in [9.17, 15) is 10.1 Å². The minimum atomic E-state index is -0.585. The van der Waals surface area contributed by atoms with Crippen molar-refractivity contribution in [3.63, 3.8) is 0 Å². The maximum atomic E-state index is 10.7. The second kappa shape index (κ2) is 8.06. The van der Waals surface area contributed by atoms with Gasteiger partial charge in [0.05, 0.1) is 9.95 Å². The first-order chi connectivity index (χ1) is 10.5. The average molecular weight is 355 g/mol. The van der Waals surface area contributed by atoms with Gasteiger partial charge in [0, 0.05) is 11.6 Å². The lowest BCUT2D eigenvalue weighted by molar-refractivity contribution is -0.385. The lowest BCUT2D eigenvalue weighted by atomic mass is 10.1. The molecule has 1 aromatic carbocycles. The topological polar surface area (TPSA) is 133 Å². The van der Waals surface area contributed by atoms with E-state index in [1.165, 1.54) is 6.07 Å². The van der Waals surface area contributed by atoms with Gasteiger partial charge in [0.25, 0.3) is 5.69 Å². The molecule has 0 saturated carbocycles. The summed E-state index contributed by atoms with van der Waals surface area (Å²) in [6.07, 6.45) is 1.09. The fourth-order valence-corrected chi connectivity index (χ4v) is 1.90. The first-order valence-electron chi connectivity index (χ1n) is 6.01. The Labute approximate surface area is 142 Å². The average Bonchev–Trinajstić information content (AvgIpc) is 2.49. The third kappa shape index (κ3) is 4.63. The Kier molecular flexibility index (Phi) is 6.43. The first kappa shape index (κ1) is 18.3. The molecule has 2 rings (SSSR count). The van der Waals surface area contributed by atoms with Crippen molar-refractivity contribution < 1.29 is 4.92 Å². The van der Waals surface area contributed by atoms with E-state index in [0.717, 1.165) is 6.20 Å². The van der Waals surface area contributed by atoms with Gasteiger partial charge in [0.2, 0.25) is 5.96 Å². The molecule has 8 nitrogen and oxygen atoms in total. The summed E-state index contributed by atoms with van der Waals surface area (Å²) in [5.74, 6) is -0.230. The van der Waals surface area contributed by atoms with Gasteiger partial charge < -0.3 is 11.5 Å². The molecule has 0 spiro atoms. The van der Waals surface area contributed by atoms with Crippen LogP contribution < -0.4 is 11.5 Å². The Bertz CT molecular complexity index is 760. The van der Waals surface area contributed by atoms with Crippen molar-refractivity contribution in [2.24, 2.45) is 21.7 Å². The van der Waals surface area contributed by atoms with Crippen molar-refractivity contribution in [3.05, 3.63) is 69.0 Å². The highest BCUT2D eigenvalue weighted by molar-refractivity contribution is 6.35. The minimum Gasteiger partial charge on any atom is -0.369 e. The van der Waals surface area contributed by atoms with Gasteiger partial charge in [0.15, 0.2) is 0 Å². The molecule has 23 heavy (non-hydrogen) atoms. The molecular weight excluding hydrogens is 343 g/mol. The molecule has 0 aliphatic rings. The van der Waals surface area contributed by atoms with Gasteiger partial charge in [-0.15, -0.1) is 22.6 Å². The predicted molar refractivity (Wildman–Crippen MR) is 91.0 cm³/mol. The molecule has 0 aliphatic heterocycles. The molecule has 0 atom stereocenters. The van der Waals surface area contributed by atoms with Gasteiger partial charge in [-0.2, -0.15) is 0 Å². The zero-order chi connectivity index (χ0) is 16.1. The molecule has 120 valence electrons. The molecule has 0 radical (unpaired) electrons. The minimum absolute atomic E-state index is 0. The first-order valence-corrected chi connectivity index (χ1v) is 6.39. The molecule has 0 bridgehead atoms. The van der Waals surface area contributed by atoms with Crippen LogP contribution in [0.3, 0.4) is 0 Å². The zero-order valence-electron chi connectivity index (χ0n) is 11.6. The summed E-state index contributed by atoms with van der Waals surface area (Å²) in [6.45, 7) is 0. The van der Waals surface area contributed by atoms with Crippen LogP contribution in [0.1, 0.15) is 11.3 Å². The third-order valence-electron chi connectivity index (χ3n) is 2.57. The number of benzene rings is 1. The number of aromatic nitrogens is 1. The smallest absolute Gasteiger partial charge is 0.289 e. The van der Waals surface area contributed by atoms with E-state index in [1.807, 2.05) is 6.07 Å². The summed E-state index contributed by atoms with van der Waals surface area (Å²) in [5, 5.41) is 18.4. The van der Waals surface area contributed by atoms with Crippen molar-refractivity contribution in [3.8, 4) is 0 Å². The second-order valence-electron chi connectivity index (χ2n) is 4.12. The molecule has 2 aromatic rings. The summed E-state index contributed by atoms with van der Waals surface area (Å²) >= 11 is 6.07. The number of halogens is 2. The molecule has 1 aromatic heterocycles. The van der Waals surface area contributed by atoms with Gasteiger partial charge in [-0.3, -0.25) is 10.1 Å². The second-order valence-corrected chi connectivity index (χ2v) is 4.53. The third-order valence-corrected chi connectivity index (χ3v) is 2.86. The van der Waals surface area contributed by atoms with E-state index in [2.05, 4.69) is 15.2 Å². The standard InChI is InChI=1S/C13H11ClN6O2.ClH/c14-10-6-9(20(21)22)7-17-12(10)11(18-19-13(15)16)8-4-2-1-3-5-8;/h1-7H,(H4,15,16,19);1H/b18-11-;. The van der Waals surface area contributed by atoms with E-state index in [4.69, 9.17) is 23.1 Å². The van der Waals surface area contributed by atoms with E-state index in [-0.39, 0.29) is 34.8 Å². The molecular formula is C13H12Cl2N6O2. The SMILES string of the molecule is Cl.NC(N)=N/N=C(/c1ccccc1)c1ncc([N+](=O)[O-])cc1Cl.